The smallest absolute Gasteiger partial charge is 0.353 e. The molecule has 0 spiro atoms. The number of carbonyl (C=O) groups excluding carboxylic acids is 1. The Morgan fingerprint density at radius 3 is 2.94 bits per heavy atom. The van der Waals surface area contributed by atoms with Gasteiger partial charge in [-0.2, -0.15) is 0 Å². The van der Waals surface area contributed by atoms with Crippen LogP contribution in [0.25, 0.3) is 0 Å². The summed E-state index contributed by atoms with van der Waals surface area (Å²) in [7, 11) is 1.32. The van der Waals surface area contributed by atoms with Crippen molar-refractivity contribution in [1.82, 2.24) is 4.90 Å². The number of hydrogen-bond acceptors (Lipinski definition) is 5. The maximum absolute atomic E-state index is 11.7. The molecule has 0 aromatic rings. The first-order valence-corrected chi connectivity index (χ1v) is 5.77. The van der Waals surface area contributed by atoms with Crippen molar-refractivity contribution in [3.63, 3.8) is 0 Å². The summed E-state index contributed by atoms with van der Waals surface area (Å²) < 4.78 is 4.93. The molecule has 0 radical (unpaired) electrons. The van der Waals surface area contributed by atoms with Crippen LogP contribution in [0.4, 0.5) is 0 Å². The van der Waals surface area contributed by atoms with Gasteiger partial charge in [0.25, 0.3) is 5.91 Å². The Kier molecular flexibility index (Phi) is 2.66. The number of nitrogens with zero attached hydrogens (tertiary/aromatic N) is 1. The Balaban J connectivity index is 2.39. The first-order chi connectivity index (χ1) is 7.43. The number of carboxylic acid groups (broad SMARTS) is 1. The van der Waals surface area contributed by atoms with Crippen molar-refractivity contribution in [2.75, 3.05) is 12.9 Å². The van der Waals surface area contributed by atoms with Gasteiger partial charge in [0.05, 0.1) is 5.03 Å². The summed E-state index contributed by atoms with van der Waals surface area (Å²) in [6, 6.07) is 0. The molecule has 0 aromatic heterocycles. The van der Waals surface area contributed by atoms with E-state index >= 15 is 0 Å². The molecule has 2 heterocycles. The summed E-state index contributed by atoms with van der Waals surface area (Å²) in [5.74, 6) is -1.51. The normalized spacial score (nSPS) is 33.6. The average molecular weight is 265 g/mol. The summed E-state index contributed by atoms with van der Waals surface area (Å²) in [6.45, 7) is 0. The zero-order valence-electron chi connectivity index (χ0n) is 8.27. The fraction of sp³-hybridized carbons (Fsp3) is 0.500. The molecule has 2 atom stereocenters. The van der Waals surface area contributed by atoms with Crippen LogP contribution in [0.1, 0.15) is 0 Å². The molecular formula is C8H9ClN2O4S. The van der Waals surface area contributed by atoms with Gasteiger partial charge in [0, 0.05) is 12.9 Å². The summed E-state index contributed by atoms with van der Waals surface area (Å²) in [4.78, 5) is 23.8. The number of carboxylic acids is 1. The molecule has 1 saturated heterocycles. The number of thioether (sulfide) groups is 1. The molecule has 16 heavy (non-hydrogen) atoms. The second kappa shape index (κ2) is 3.63. The number of carbonyl (C=O) groups is 2. The lowest BCUT2D eigenvalue weighted by Gasteiger charge is -2.53. The number of aliphatic carboxylic acids is 1. The summed E-state index contributed by atoms with van der Waals surface area (Å²) in [5, 5.41) is 8.57. The SMILES string of the molecule is COC1(N)C(=O)N2C(C(=O)O)=C(Cl)CS[C@@H]21. The van der Waals surface area contributed by atoms with Gasteiger partial charge in [-0.05, 0) is 0 Å². The van der Waals surface area contributed by atoms with Crippen LogP contribution in [0.3, 0.4) is 0 Å². The van der Waals surface area contributed by atoms with Gasteiger partial charge in [-0.3, -0.25) is 15.4 Å². The zero-order valence-corrected chi connectivity index (χ0v) is 9.84. The minimum Gasteiger partial charge on any atom is -0.477 e. The number of β-lactam (4-membered cyclic amide) rings is 1. The van der Waals surface area contributed by atoms with Crippen LogP contribution < -0.4 is 5.73 Å². The molecule has 6 nitrogen and oxygen atoms in total. The number of nitrogens with two attached hydrogens (primary N) is 1. The van der Waals surface area contributed by atoms with Crippen LogP contribution in [-0.2, 0) is 14.3 Å². The maximum Gasteiger partial charge on any atom is 0.353 e. The molecule has 0 aliphatic carbocycles. The molecule has 8 heteroatoms. The molecule has 0 saturated carbocycles. The number of ether oxygens (including phenoxy) is 1. The van der Waals surface area contributed by atoms with Crippen molar-refractivity contribution in [3.05, 3.63) is 10.7 Å². The van der Waals surface area contributed by atoms with Crippen molar-refractivity contribution >= 4 is 35.2 Å². The maximum atomic E-state index is 11.7. The van der Waals surface area contributed by atoms with Gasteiger partial charge in [0.15, 0.2) is 0 Å². The summed E-state index contributed by atoms with van der Waals surface area (Å²) >= 11 is 7.06. The second-order valence-corrected chi connectivity index (χ2v) is 4.92. The van der Waals surface area contributed by atoms with Crippen molar-refractivity contribution in [1.29, 1.82) is 0 Å². The average Bonchev–Trinajstić information content (AvgIpc) is 2.26. The van der Waals surface area contributed by atoms with Gasteiger partial charge >= 0.3 is 5.97 Å². The van der Waals surface area contributed by atoms with Crippen LogP contribution in [0, 0.1) is 0 Å². The molecule has 2 aliphatic rings. The number of fused-ring (bicyclic) bond motifs is 1. The second-order valence-electron chi connectivity index (χ2n) is 3.39. The first kappa shape index (κ1) is 11.7. The standard InChI is InChI=1S/C8H9ClN2O4S/c1-15-8(10)6(14)11-4(5(12)13)3(9)2-16-7(8)11/h7H,2,10H2,1H3,(H,12,13)/t7-,8?/m1/s1. The van der Waals surface area contributed by atoms with Crippen molar-refractivity contribution in [2.45, 2.75) is 11.1 Å². The molecule has 88 valence electrons. The molecule has 0 bridgehead atoms. The fourth-order valence-corrected chi connectivity index (χ4v) is 3.30. The number of halogens is 1. The molecule has 1 amide bonds. The van der Waals surface area contributed by atoms with Gasteiger partial charge < -0.3 is 9.84 Å². The quantitative estimate of drug-likeness (QED) is 0.527. The number of rotatable bonds is 2. The first-order valence-electron chi connectivity index (χ1n) is 4.34. The highest BCUT2D eigenvalue weighted by Gasteiger charge is 2.63. The van der Waals surface area contributed by atoms with E-state index in [4.69, 9.17) is 27.2 Å². The Morgan fingerprint density at radius 2 is 2.44 bits per heavy atom. The van der Waals surface area contributed by atoms with Crippen molar-refractivity contribution in [3.8, 4) is 0 Å². The highest BCUT2D eigenvalue weighted by atomic mass is 35.5. The third-order valence-corrected chi connectivity index (χ3v) is 4.36. The van der Waals surface area contributed by atoms with E-state index in [1.807, 2.05) is 0 Å². The number of hydrogen-bond donors (Lipinski definition) is 2. The van der Waals surface area contributed by atoms with E-state index in [-0.39, 0.29) is 10.7 Å². The molecule has 1 fully saturated rings. The van der Waals surface area contributed by atoms with Crippen LogP contribution in [0.15, 0.2) is 10.7 Å². The highest BCUT2D eigenvalue weighted by molar-refractivity contribution is 8.00. The van der Waals surface area contributed by atoms with Crippen molar-refractivity contribution in [2.24, 2.45) is 5.73 Å². The van der Waals surface area contributed by atoms with Crippen LogP contribution in [-0.4, -0.2) is 45.8 Å². The van der Waals surface area contributed by atoms with E-state index in [0.717, 1.165) is 4.90 Å². The molecule has 2 rings (SSSR count). The summed E-state index contributed by atoms with van der Waals surface area (Å²) in [5.41, 5.74) is 4.07. The lowest BCUT2D eigenvalue weighted by atomic mass is 10.0. The lowest BCUT2D eigenvalue weighted by molar-refractivity contribution is -0.182. The van der Waals surface area contributed by atoms with E-state index in [2.05, 4.69) is 0 Å². The molecule has 0 aromatic carbocycles. The number of amides is 1. The molecule has 1 unspecified atom stereocenters. The largest absolute Gasteiger partial charge is 0.477 e. The van der Waals surface area contributed by atoms with Gasteiger partial charge in [-0.25, -0.2) is 4.79 Å². The summed E-state index contributed by atoms with van der Waals surface area (Å²) in [6.07, 6.45) is 0. The van der Waals surface area contributed by atoms with E-state index in [1.165, 1.54) is 18.9 Å². The Hall–Kier alpha value is -0.760. The van der Waals surface area contributed by atoms with Gasteiger partial charge in [0.2, 0.25) is 5.72 Å². The predicted octanol–water partition coefficient (Wildman–Crippen LogP) is -0.262. The van der Waals surface area contributed by atoms with Gasteiger partial charge in [0.1, 0.15) is 11.1 Å². The Labute approximate surface area is 100 Å². The number of methoxy groups -OCH3 is 1. The van der Waals surface area contributed by atoms with Crippen molar-refractivity contribution < 1.29 is 19.4 Å². The van der Waals surface area contributed by atoms with E-state index in [1.54, 1.807) is 0 Å². The van der Waals surface area contributed by atoms with Gasteiger partial charge in [-0.15, -0.1) is 11.8 Å². The third kappa shape index (κ3) is 1.29. The van der Waals surface area contributed by atoms with Crippen LogP contribution in [0.5, 0.6) is 0 Å². The Morgan fingerprint density at radius 1 is 1.81 bits per heavy atom. The van der Waals surface area contributed by atoms with E-state index in [0.29, 0.717) is 5.75 Å². The topological polar surface area (TPSA) is 92.9 Å². The zero-order chi connectivity index (χ0) is 12.1. The minimum absolute atomic E-state index is 0.139. The van der Waals surface area contributed by atoms with E-state index < -0.39 is 23.0 Å². The lowest BCUT2D eigenvalue weighted by Crippen LogP contribution is -2.78. The molecular weight excluding hydrogens is 256 g/mol. The van der Waals surface area contributed by atoms with Crippen LogP contribution in [0.2, 0.25) is 0 Å². The third-order valence-electron chi connectivity index (χ3n) is 2.56. The molecule has 3 N–H and O–H groups in total. The van der Waals surface area contributed by atoms with Gasteiger partial charge in [-0.1, -0.05) is 11.6 Å². The molecule has 2 aliphatic heterocycles. The highest BCUT2D eigenvalue weighted by Crippen LogP contribution is 2.45. The van der Waals surface area contributed by atoms with E-state index in [9.17, 15) is 9.59 Å². The Bertz CT molecular complexity index is 413. The fourth-order valence-electron chi connectivity index (χ4n) is 1.70. The predicted molar refractivity (Wildman–Crippen MR) is 57.5 cm³/mol. The monoisotopic (exact) mass is 264 g/mol. The van der Waals surface area contributed by atoms with Crippen LogP contribution >= 0.6 is 23.4 Å². The minimum atomic E-state index is -1.44.